The molecule has 0 saturated heterocycles. The zero-order chi connectivity index (χ0) is 30.2. The molecule has 226 valence electrons. The first kappa shape index (κ1) is 32.2. The zero-order valence-corrected chi connectivity index (χ0v) is 23.8. The number of carbonyl (C=O) groups is 2. The van der Waals surface area contributed by atoms with Gasteiger partial charge in [0.15, 0.2) is 0 Å². The largest absolute Gasteiger partial charge is 0.480 e. The molecule has 0 bridgehead atoms. The molecular formula is C29H38FN7O5. The Labute approximate surface area is 244 Å². The molecule has 0 aliphatic carbocycles. The lowest BCUT2D eigenvalue weighted by Gasteiger charge is -2.20. The fourth-order valence-corrected chi connectivity index (χ4v) is 3.73. The van der Waals surface area contributed by atoms with Crippen molar-refractivity contribution in [3.8, 4) is 0 Å². The van der Waals surface area contributed by atoms with Gasteiger partial charge in [0.05, 0.1) is 26.4 Å². The minimum absolute atomic E-state index is 0.0932. The number of nitrogens with one attached hydrogen (secondary N) is 4. The van der Waals surface area contributed by atoms with Gasteiger partial charge in [-0.2, -0.15) is 15.0 Å². The number of ether oxygens (including phenoxy) is 2. The number of rotatable bonds is 19. The van der Waals surface area contributed by atoms with Gasteiger partial charge in [-0.05, 0) is 35.7 Å². The van der Waals surface area contributed by atoms with Gasteiger partial charge in [0.25, 0.3) is 5.91 Å². The Hall–Kier alpha value is -4.36. The number of aliphatic carboxylic acids is 1. The van der Waals surface area contributed by atoms with E-state index in [0.717, 1.165) is 0 Å². The van der Waals surface area contributed by atoms with Crippen molar-refractivity contribution in [3.63, 3.8) is 0 Å². The monoisotopic (exact) mass is 583 g/mol. The Morgan fingerprint density at radius 3 is 2.21 bits per heavy atom. The van der Waals surface area contributed by atoms with Gasteiger partial charge >= 0.3 is 5.97 Å². The molecule has 1 amide bonds. The second kappa shape index (κ2) is 17.5. The van der Waals surface area contributed by atoms with Gasteiger partial charge in [-0.25, -0.2) is 9.18 Å². The minimum atomic E-state index is -1.01. The van der Waals surface area contributed by atoms with E-state index in [4.69, 9.17) is 9.47 Å². The third-order valence-corrected chi connectivity index (χ3v) is 6.21. The fourth-order valence-electron chi connectivity index (χ4n) is 3.73. The summed E-state index contributed by atoms with van der Waals surface area (Å²) in [5.41, 5.74) is 1.29. The van der Waals surface area contributed by atoms with Crippen molar-refractivity contribution >= 4 is 29.7 Å². The van der Waals surface area contributed by atoms with Gasteiger partial charge in [0.1, 0.15) is 11.9 Å². The molecule has 0 unspecified atom stereocenters. The summed E-state index contributed by atoms with van der Waals surface area (Å²) in [4.78, 5) is 36.8. The van der Waals surface area contributed by atoms with Crippen LogP contribution in [0.2, 0.25) is 0 Å². The second-order valence-electron chi connectivity index (χ2n) is 9.41. The van der Waals surface area contributed by atoms with Crippen LogP contribution in [0.5, 0.6) is 0 Å². The van der Waals surface area contributed by atoms with E-state index in [9.17, 15) is 19.1 Å². The first-order valence-corrected chi connectivity index (χ1v) is 13.8. The van der Waals surface area contributed by atoms with Crippen LogP contribution in [0, 0.1) is 11.7 Å². The van der Waals surface area contributed by atoms with Crippen molar-refractivity contribution in [1.29, 1.82) is 0 Å². The smallest absolute Gasteiger partial charge is 0.326 e. The van der Waals surface area contributed by atoms with Crippen LogP contribution in [0.1, 0.15) is 36.2 Å². The molecule has 12 nitrogen and oxygen atoms in total. The number of anilines is 3. The molecule has 2 atom stereocenters. The maximum Gasteiger partial charge on any atom is 0.326 e. The van der Waals surface area contributed by atoms with Gasteiger partial charge in [0, 0.05) is 25.2 Å². The molecule has 0 fully saturated rings. The molecule has 0 spiro atoms. The highest BCUT2D eigenvalue weighted by Crippen LogP contribution is 2.16. The Kier molecular flexibility index (Phi) is 13.4. The maximum atomic E-state index is 13.6. The maximum absolute atomic E-state index is 13.6. The number of nitrogens with zero attached hydrogens (tertiary/aromatic N) is 3. The van der Waals surface area contributed by atoms with Gasteiger partial charge in [-0.1, -0.05) is 50.6 Å². The van der Waals surface area contributed by atoms with Crippen molar-refractivity contribution in [2.75, 3.05) is 55.5 Å². The number of carbonyl (C=O) groups excluding carboxylic acids is 1. The van der Waals surface area contributed by atoms with Crippen molar-refractivity contribution in [2.24, 2.45) is 5.92 Å². The lowest BCUT2D eigenvalue weighted by Crippen LogP contribution is -2.36. The summed E-state index contributed by atoms with van der Waals surface area (Å²) in [7, 11) is 0. The highest BCUT2D eigenvalue weighted by atomic mass is 19.1. The molecule has 5 N–H and O–H groups in total. The van der Waals surface area contributed by atoms with Crippen LogP contribution in [-0.4, -0.2) is 77.5 Å². The zero-order valence-electron chi connectivity index (χ0n) is 23.8. The van der Waals surface area contributed by atoms with E-state index in [-0.39, 0.29) is 42.0 Å². The number of halogens is 1. The molecule has 2 aromatic carbocycles. The van der Waals surface area contributed by atoms with Gasteiger partial charge in [-0.15, -0.1) is 0 Å². The van der Waals surface area contributed by atoms with E-state index in [2.05, 4.69) is 36.2 Å². The molecule has 0 aliphatic rings. The molecule has 13 heteroatoms. The van der Waals surface area contributed by atoms with E-state index in [1.54, 1.807) is 24.3 Å². The predicted octanol–water partition coefficient (Wildman–Crippen LogP) is 3.41. The lowest BCUT2D eigenvalue weighted by atomic mass is 10.00. The average molecular weight is 584 g/mol. The number of carboxylic acid groups (broad SMARTS) is 1. The van der Waals surface area contributed by atoms with Crippen LogP contribution in [-0.2, 0) is 20.8 Å². The average Bonchev–Trinajstić information content (AvgIpc) is 2.99. The van der Waals surface area contributed by atoms with E-state index in [1.165, 1.54) is 12.1 Å². The van der Waals surface area contributed by atoms with Crippen LogP contribution in [0.15, 0.2) is 54.6 Å². The SMILES string of the molecule is CC[C@H](C)[C@H](Nc1nc(NCCOCCOCCNC(=O)c2ccccc2)nc(NCc2cccc(F)c2)n1)C(=O)O. The molecule has 42 heavy (non-hydrogen) atoms. The van der Waals surface area contributed by atoms with Crippen molar-refractivity contribution < 1.29 is 28.6 Å². The van der Waals surface area contributed by atoms with Crippen molar-refractivity contribution in [2.45, 2.75) is 32.9 Å². The van der Waals surface area contributed by atoms with Gasteiger partial charge < -0.3 is 35.8 Å². The number of amides is 1. The van der Waals surface area contributed by atoms with Crippen LogP contribution in [0.3, 0.4) is 0 Å². The molecule has 1 heterocycles. The molecule has 1 aromatic heterocycles. The molecule has 0 radical (unpaired) electrons. The summed E-state index contributed by atoms with van der Waals surface area (Å²) >= 11 is 0. The normalized spacial score (nSPS) is 12.3. The standard InChI is InChI=1S/C29H38FN7O5/c1-3-20(2)24(26(39)40)34-29-36-27(35-28(37-29)33-19-21-8-7-11-23(30)18-21)32-13-15-42-17-16-41-14-12-31-25(38)22-9-5-4-6-10-22/h4-11,18,20,24H,3,12-17,19H2,1-2H3,(H,31,38)(H,39,40)(H3,32,33,34,35,36,37)/t20-,24-/m0/s1. The number of aromatic nitrogens is 3. The van der Waals surface area contributed by atoms with Crippen molar-refractivity contribution in [3.05, 3.63) is 71.5 Å². The van der Waals surface area contributed by atoms with Gasteiger partial charge in [0.2, 0.25) is 17.8 Å². The first-order valence-electron chi connectivity index (χ1n) is 13.8. The van der Waals surface area contributed by atoms with Crippen LogP contribution >= 0.6 is 0 Å². The summed E-state index contributed by atoms with van der Waals surface area (Å²) in [6.45, 7) is 6.16. The number of benzene rings is 2. The van der Waals surface area contributed by atoms with Gasteiger partial charge in [-0.3, -0.25) is 4.79 Å². The minimum Gasteiger partial charge on any atom is -0.480 e. The summed E-state index contributed by atoms with van der Waals surface area (Å²) in [5.74, 6) is -1.18. The summed E-state index contributed by atoms with van der Waals surface area (Å²) in [6, 6.07) is 14.2. The predicted molar refractivity (Wildman–Crippen MR) is 157 cm³/mol. The van der Waals surface area contributed by atoms with Crippen LogP contribution < -0.4 is 21.3 Å². The third-order valence-electron chi connectivity index (χ3n) is 6.21. The Morgan fingerprint density at radius 2 is 1.55 bits per heavy atom. The Balaban J connectivity index is 1.45. The third kappa shape index (κ3) is 11.3. The van der Waals surface area contributed by atoms with Crippen LogP contribution in [0.25, 0.3) is 0 Å². The fraction of sp³-hybridized carbons (Fsp3) is 0.414. The first-order chi connectivity index (χ1) is 20.4. The lowest BCUT2D eigenvalue weighted by molar-refractivity contribution is -0.139. The van der Waals surface area contributed by atoms with E-state index < -0.39 is 12.0 Å². The van der Waals surface area contributed by atoms with E-state index in [0.29, 0.717) is 57.1 Å². The quantitative estimate of drug-likeness (QED) is 0.132. The van der Waals surface area contributed by atoms with E-state index >= 15 is 0 Å². The number of carboxylic acids is 1. The Bertz CT molecular complexity index is 1270. The topological polar surface area (TPSA) is 160 Å². The summed E-state index contributed by atoms with van der Waals surface area (Å²) in [5, 5.41) is 21.4. The molecule has 0 saturated carbocycles. The molecular weight excluding hydrogens is 545 g/mol. The highest BCUT2D eigenvalue weighted by Gasteiger charge is 2.24. The van der Waals surface area contributed by atoms with E-state index in [1.807, 2.05) is 32.0 Å². The molecule has 3 rings (SSSR count). The number of hydrogen-bond donors (Lipinski definition) is 5. The molecule has 3 aromatic rings. The van der Waals surface area contributed by atoms with Crippen molar-refractivity contribution in [1.82, 2.24) is 20.3 Å². The highest BCUT2D eigenvalue weighted by molar-refractivity contribution is 5.94. The summed E-state index contributed by atoms with van der Waals surface area (Å²) < 4.78 is 24.6. The number of hydrogen-bond acceptors (Lipinski definition) is 10. The molecule has 0 aliphatic heterocycles. The van der Waals surface area contributed by atoms with Crippen LogP contribution in [0.4, 0.5) is 22.2 Å². The Morgan fingerprint density at radius 1 is 0.881 bits per heavy atom. The summed E-state index contributed by atoms with van der Waals surface area (Å²) in [6.07, 6.45) is 0.647. The second-order valence-corrected chi connectivity index (χ2v) is 9.41.